The van der Waals surface area contributed by atoms with E-state index < -0.39 is 11.6 Å². The van der Waals surface area contributed by atoms with Gasteiger partial charge in [0.2, 0.25) is 11.9 Å². The Labute approximate surface area is 263 Å². The molecule has 3 aromatic heterocycles. The molecule has 4 heterocycles. The summed E-state index contributed by atoms with van der Waals surface area (Å²) in [6.07, 6.45) is 5.45. The smallest absolute Gasteiger partial charge is 0.246 e. The lowest BCUT2D eigenvalue weighted by molar-refractivity contribution is -0.126. The van der Waals surface area contributed by atoms with Crippen LogP contribution in [0.15, 0.2) is 66.8 Å². The van der Waals surface area contributed by atoms with Gasteiger partial charge in [0, 0.05) is 85.6 Å². The van der Waals surface area contributed by atoms with Gasteiger partial charge in [-0.2, -0.15) is 0 Å². The summed E-state index contributed by atoms with van der Waals surface area (Å²) in [4.78, 5) is 30.2. The molecule has 0 aliphatic carbocycles. The van der Waals surface area contributed by atoms with Crippen molar-refractivity contribution in [1.29, 1.82) is 0 Å². The molecule has 0 radical (unpaired) electrons. The van der Waals surface area contributed by atoms with Crippen molar-refractivity contribution in [2.24, 2.45) is 0 Å². The van der Waals surface area contributed by atoms with Crippen LogP contribution in [-0.4, -0.2) is 66.7 Å². The number of rotatable bonds is 9. The quantitative estimate of drug-likeness (QED) is 0.136. The monoisotopic (exact) mass is 627 g/mol. The molecule has 0 N–H and O–H groups in total. The van der Waals surface area contributed by atoms with Crippen molar-refractivity contribution in [2.75, 3.05) is 45.9 Å². The highest BCUT2D eigenvalue weighted by molar-refractivity contribution is 7.18. The van der Waals surface area contributed by atoms with Gasteiger partial charge in [0.1, 0.15) is 24.0 Å². The molecule has 5 aromatic rings. The molecule has 1 aliphatic heterocycles. The van der Waals surface area contributed by atoms with E-state index in [4.69, 9.17) is 14.5 Å². The maximum Gasteiger partial charge on any atom is 0.246 e. The number of anilines is 1. The number of fused-ring (bicyclic) bond motifs is 2. The number of nitrogens with zero attached hydrogens (tertiary/aromatic N) is 5. The Bertz CT molecular complexity index is 1910. The number of ether oxygens (including phenoxy) is 2. The average molecular weight is 628 g/mol. The molecule has 45 heavy (non-hydrogen) atoms. The third kappa shape index (κ3) is 5.88. The number of hydrogen-bond acceptors (Lipinski definition) is 8. The maximum atomic E-state index is 16.0. The van der Waals surface area contributed by atoms with Crippen molar-refractivity contribution >= 4 is 33.3 Å². The van der Waals surface area contributed by atoms with Crippen molar-refractivity contribution in [1.82, 2.24) is 19.9 Å². The zero-order valence-electron chi connectivity index (χ0n) is 25.1. The van der Waals surface area contributed by atoms with E-state index in [9.17, 15) is 9.18 Å². The number of carbonyl (C=O) groups excluding carboxylic acids is 1. The number of aromatic nitrogens is 3. The summed E-state index contributed by atoms with van der Waals surface area (Å²) in [7, 11) is 5.25. The SMILES string of the molecule is C=CC(=O)N1CCc2ccc(-c3nc(-c4cnc(N(C)C)nc4)c4ccsc4c3-c3c(F)cc(F)cc3OCCOC)cc2C1. The molecule has 1 aliphatic rings. The Morgan fingerprint density at radius 3 is 2.58 bits per heavy atom. The van der Waals surface area contributed by atoms with Crippen molar-refractivity contribution in [3.05, 3.63) is 89.6 Å². The van der Waals surface area contributed by atoms with Crippen LogP contribution in [0.3, 0.4) is 0 Å². The van der Waals surface area contributed by atoms with Gasteiger partial charge in [-0.1, -0.05) is 18.7 Å². The van der Waals surface area contributed by atoms with Gasteiger partial charge in [-0.25, -0.2) is 23.7 Å². The van der Waals surface area contributed by atoms with Crippen LogP contribution in [0.2, 0.25) is 0 Å². The summed E-state index contributed by atoms with van der Waals surface area (Å²) in [5.74, 6) is -1.06. The molecular weight excluding hydrogens is 596 g/mol. The molecule has 0 saturated carbocycles. The second kappa shape index (κ2) is 12.7. The summed E-state index contributed by atoms with van der Waals surface area (Å²) < 4.78 is 42.3. The molecule has 0 bridgehead atoms. The van der Waals surface area contributed by atoms with Crippen LogP contribution in [0.25, 0.3) is 43.7 Å². The number of thiophene rings is 1. The van der Waals surface area contributed by atoms with Gasteiger partial charge in [0.25, 0.3) is 0 Å². The Balaban J connectivity index is 1.61. The molecule has 0 saturated heterocycles. The van der Waals surface area contributed by atoms with Gasteiger partial charge in [-0.05, 0) is 41.1 Å². The van der Waals surface area contributed by atoms with E-state index in [2.05, 4.69) is 16.5 Å². The lowest BCUT2D eigenvalue weighted by Crippen LogP contribution is -2.34. The molecule has 0 atom stereocenters. The first-order chi connectivity index (χ1) is 21.8. The highest BCUT2D eigenvalue weighted by atomic mass is 32.1. The minimum atomic E-state index is -0.771. The van der Waals surface area contributed by atoms with Crippen LogP contribution in [0.5, 0.6) is 5.75 Å². The standard InChI is InChI=1S/C34H31F2N5O3S/c1-5-28(42)41-10-8-20-6-7-21(14-22(20)19-41)32-30(29-26(36)15-24(35)16-27(29)44-12-11-43-4)33-25(9-13-45-33)31(39-32)23-17-37-34(38-18-23)40(2)3/h5-7,9,13-18H,1,8,10-12,19H2,2-4H3. The molecule has 0 unspecified atom stereocenters. The average Bonchev–Trinajstić information content (AvgIpc) is 3.54. The predicted octanol–water partition coefficient (Wildman–Crippen LogP) is 6.53. The lowest BCUT2D eigenvalue weighted by Gasteiger charge is -2.28. The summed E-state index contributed by atoms with van der Waals surface area (Å²) in [6.45, 7) is 4.98. The molecular formula is C34H31F2N5O3S. The van der Waals surface area contributed by atoms with Gasteiger partial charge in [-0.3, -0.25) is 4.79 Å². The molecule has 1 amide bonds. The zero-order chi connectivity index (χ0) is 31.7. The summed E-state index contributed by atoms with van der Waals surface area (Å²) in [5, 5.41) is 2.68. The third-order valence-electron chi connectivity index (χ3n) is 7.71. The van der Waals surface area contributed by atoms with E-state index in [0.29, 0.717) is 53.5 Å². The second-order valence-electron chi connectivity index (χ2n) is 10.8. The Kier molecular flexibility index (Phi) is 8.55. The van der Waals surface area contributed by atoms with E-state index in [-0.39, 0.29) is 30.4 Å². The fraction of sp³-hybridized carbons (Fsp3) is 0.235. The first kappa shape index (κ1) is 30.3. The third-order valence-corrected chi connectivity index (χ3v) is 8.64. The Hall–Kier alpha value is -4.74. The summed E-state index contributed by atoms with van der Waals surface area (Å²) in [5.41, 5.74) is 5.18. The molecule has 11 heteroatoms. The molecule has 0 spiro atoms. The Morgan fingerprint density at radius 1 is 1.04 bits per heavy atom. The molecule has 8 nitrogen and oxygen atoms in total. The van der Waals surface area contributed by atoms with Crippen LogP contribution in [0.1, 0.15) is 11.1 Å². The van der Waals surface area contributed by atoms with E-state index in [1.165, 1.54) is 30.6 Å². The topological polar surface area (TPSA) is 80.7 Å². The minimum absolute atomic E-state index is 0.0504. The number of hydrogen-bond donors (Lipinski definition) is 0. The highest BCUT2D eigenvalue weighted by Crippen LogP contribution is 2.47. The van der Waals surface area contributed by atoms with Crippen LogP contribution in [0.4, 0.5) is 14.7 Å². The van der Waals surface area contributed by atoms with Crippen molar-refractivity contribution in [3.8, 4) is 39.4 Å². The first-order valence-corrected chi connectivity index (χ1v) is 15.2. The number of pyridine rings is 1. The number of benzene rings is 2. The van der Waals surface area contributed by atoms with Crippen LogP contribution >= 0.6 is 11.3 Å². The van der Waals surface area contributed by atoms with Crippen LogP contribution < -0.4 is 9.64 Å². The first-order valence-electron chi connectivity index (χ1n) is 14.3. The van der Waals surface area contributed by atoms with Gasteiger partial charge >= 0.3 is 0 Å². The van der Waals surface area contributed by atoms with E-state index in [1.807, 2.05) is 48.6 Å². The maximum absolute atomic E-state index is 16.0. The molecule has 230 valence electrons. The number of amides is 1. The van der Waals surface area contributed by atoms with Crippen molar-refractivity contribution < 1.29 is 23.0 Å². The summed E-state index contributed by atoms with van der Waals surface area (Å²) in [6, 6.07) is 9.94. The highest BCUT2D eigenvalue weighted by Gasteiger charge is 2.27. The van der Waals surface area contributed by atoms with Gasteiger partial charge in [-0.15, -0.1) is 11.3 Å². The van der Waals surface area contributed by atoms with Gasteiger partial charge in [0.15, 0.2) is 0 Å². The largest absolute Gasteiger partial charge is 0.490 e. The number of carbonyl (C=O) groups is 1. The fourth-order valence-corrected chi connectivity index (χ4v) is 6.47. The summed E-state index contributed by atoms with van der Waals surface area (Å²) >= 11 is 1.43. The van der Waals surface area contributed by atoms with Crippen molar-refractivity contribution in [3.63, 3.8) is 0 Å². The van der Waals surface area contributed by atoms with E-state index >= 15 is 4.39 Å². The lowest BCUT2D eigenvalue weighted by atomic mass is 9.91. The van der Waals surface area contributed by atoms with Crippen LogP contribution in [-0.2, 0) is 22.5 Å². The Morgan fingerprint density at radius 2 is 1.84 bits per heavy atom. The van der Waals surface area contributed by atoms with Gasteiger partial charge < -0.3 is 19.3 Å². The fourth-order valence-electron chi connectivity index (χ4n) is 5.52. The van der Waals surface area contributed by atoms with Crippen molar-refractivity contribution in [2.45, 2.75) is 13.0 Å². The van der Waals surface area contributed by atoms with Gasteiger partial charge in [0.05, 0.1) is 23.6 Å². The molecule has 6 rings (SSSR count). The number of methoxy groups -OCH3 is 1. The van der Waals surface area contributed by atoms with Crippen LogP contribution in [0, 0.1) is 11.6 Å². The van der Waals surface area contributed by atoms with E-state index in [0.717, 1.165) is 27.3 Å². The predicted molar refractivity (Wildman–Crippen MR) is 172 cm³/mol. The number of halogens is 2. The zero-order valence-corrected chi connectivity index (χ0v) is 26.0. The normalized spacial score (nSPS) is 12.7. The minimum Gasteiger partial charge on any atom is -0.490 e. The molecule has 2 aromatic carbocycles. The second-order valence-corrected chi connectivity index (χ2v) is 11.7. The molecule has 0 fully saturated rings. The van der Waals surface area contributed by atoms with E-state index in [1.54, 1.807) is 17.3 Å².